The lowest BCUT2D eigenvalue weighted by atomic mass is 10.0. The van der Waals surface area contributed by atoms with E-state index in [1.807, 2.05) is 30.2 Å². The van der Waals surface area contributed by atoms with Gasteiger partial charge in [0.25, 0.3) is 5.56 Å². The highest BCUT2D eigenvalue weighted by Gasteiger charge is 2.39. The number of anilines is 2. The number of hydrogen-bond donors (Lipinski definition) is 2. The number of ether oxygens (including phenoxy) is 1. The maximum Gasteiger partial charge on any atom is 0.423 e. The summed E-state index contributed by atoms with van der Waals surface area (Å²) in [6, 6.07) is 2.71. The fourth-order valence-corrected chi connectivity index (χ4v) is 4.39. The van der Waals surface area contributed by atoms with Crippen LogP contribution in [-0.4, -0.2) is 65.1 Å². The van der Waals surface area contributed by atoms with E-state index in [4.69, 9.17) is 10.5 Å². The van der Waals surface area contributed by atoms with Gasteiger partial charge in [0.15, 0.2) is 23.7 Å². The van der Waals surface area contributed by atoms with Crippen LogP contribution >= 0.6 is 0 Å². The van der Waals surface area contributed by atoms with Crippen LogP contribution in [0.4, 0.5) is 29.1 Å². The van der Waals surface area contributed by atoms with E-state index in [1.54, 1.807) is 11.0 Å². The van der Waals surface area contributed by atoms with Crippen molar-refractivity contribution in [3.63, 3.8) is 0 Å². The standard InChI is InChI=1S/C18H21FN4O2.C10H12F3N3O/c1-4-6-23(2)7-5-12-8-14(15(19)9-13(12)11-24)18-21-10-16(25-3)17(20)22-18;1-6-2-3-16(5-6)7-4-14-15-9(17)8(7)10(11,12)13/h5,7-11H,4,6H2,1-3H3,(H2,20,21,22);4,6H,2-3,5H2,1H3,(H,15,17)/b7-5-;. The number of rotatable bonds is 8. The zero-order chi connectivity index (χ0) is 31.0. The van der Waals surface area contributed by atoms with Crippen LogP contribution in [0.3, 0.4) is 0 Å². The van der Waals surface area contributed by atoms with Gasteiger partial charge in [0, 0.05) is 32.2 Å². The van der Waals surface area contributed by atoms with Crippen molar-refractivity contribution in [1.29, 1.82) is 0 Å². The maximum atomic E-state index is 14.4. The maximum absolute atomic E-state index is 14.4. The summed E-state index contributed by atoms with van der Waals surface area (Å²) in [5.41, 5.74) is 4.31. The molecule has 1 aromatic carbocycles. The molecular formula is C28H33F4N7O3. The van der Waals surface area contributed by atoms with Crippen molar-refractivity contribution in [1.82, 2.24) is 25.1 Å². The second-order valence-corrected chi connectivity index (χ2v) is 9.82. The monoisotopic (exact) mass is 591 g/mol. The fraction of sp³-hybridized carbons (Fsp3) is 0.393. The average Bonchev–Trinajstić information content (AvgIpc) is 3.38. The molecule has 0 bridgehead atoms. The van der Waals surface area contributed by atoms with Crippen LogP contribution in [0.25, 0.3) is 17.5 Å². The Kier molecular flexibility index (Phi) is 10.6. The Balaban J connectivity index is 0.000000247. The molecule has 1 aliphatic rings. The summed E-state index contributed by atoms with van der Waals surface area (Å²) < 4.78 is 57.8. The number of H-pyrrole nitrogens is 1. The van der Waals surface area contributed by atoms with Gasteiger partial charge in [-0.2, -0.15) is 18.3 Å². The van der Waals surface area contributed by atoms with Gasteiger partial charge in [-0.1, -0.05) is 13.8 Å². The normalized spacial score (nSPS) is 15.0. The number of alkyl halides is 3. The molecule has 3 heterocycles. The van der Waals surface area contributed by atoms with Gasteiger partial charge in [-0.25, -0.2) is 19.5 Å². The van der Waals surface area contributed by atoms with Crippen molar-refractivity contribution in [2.24, 2.45) is 5.92 Å². The first-order chi connectivity index (χ1) is 19.9. The third-order valence-electron chi connectivity index (χ3n) is 6.51. The van der Waals surface area contributed by atoms with Crippen molar-refractivity contribution in [2.45, 2.75) is 32.9 Å². The predicted molar refractivity (Wildman–Crippen MR) is 152 cm³/mol. The molecule has 10 nitrogen and oxygen atoms in total. The summed E-state index contributed by atoms with van der Waals surface area (Å²) in [6.07, 6.45) is 3.84. The minimum Gasteiger partial charge on any atom is -0.491 e. The number of carbonyl (C=O) groups excluding carboxylic acids is 1. The Morgan fingerprint density at radius 2 is 2.00 bits per heavy atom. The van der Waals surface area contributed by atoms with E-state index in [9.17, 15) is 27.2 Å². The van der Waals surface area contributed by atoms with E-state index in [-0.39, 0.29) is 28.5 Å². The molecule has 0 amide bonds. The summed E-state index contributed by atoms with van der Waals surface area (Å²) in [5, 5.41) is 5.28. The Bertz CT molecular complexity index is 1480. The highest BCUT2D eigenvalue weighted by molar-refractivity contribution is 5.84. The Morgan fingerprint density at radius 3 is 2.57 bits per heavy atom. The Labute approximate surface area is 240 Å². The van der Waals surface area contributed by atoms with Gasteiger partial charge in [-0.3, -0.25) is 9.59 Å². The van der Waals surface area contributed by atoms with Gasteiger partial charge < -0.3 is 20.3 Å². The van der Waals surface area contributed by atoms with E-state index >= 15 is 0 Å². The lowest BCUT2D eigenvalue weighted by Crippen LogP contribution is -2.30. The molecule has 0 spiro atoms. The van der Waals surface area contributed by atoms with Crippen LogP contribution < -0.4 is 20.9 Å². The van der Waals surface area contributed by atoms with Gasteiger partial charge in [0.05, 0.1) is 30.8 Å². The second-order valence-electron chi connectivity index (χ2n) is 9.82. The average molecular weight is 592 g/mol. The van der Waals surface area contributed by atoms with Crippen LogP contribution in [0.5, 0.6) is 5.75 Å². The zero-order valence-electron chi connectivity index (χ0n) is 23.7. The Hall–Kier alpha value is -4.49. The number of halogens is 4. The van der Waals surface area contributed by atoms with E-state index in [2.05, 4.69) is 22.0 Å². The molecule has 0 aliphatic carbocycles. The molecular weight excluding hydrogens is 558 g/mol. The second kappa shape index (κ2) is 13.9. The van der Waals surface area contributed by atoms with E-state index in [0.717, 1.165) is 25.6 Å². The van der Waals surface area contributed by atoms with Crippen LogP contribution in [-0.2, 0) is 6.18 Å². The lowest BCUT2D eigenvalue weighted by molar-refractivity contribution is -0.138. The molecule has 1 fully saturated rings. The molecule has 2 aromatic heterocycles. The number of nitrogens with two attached hydrogens (primary N) is 1. The molecule has 1 unspecified atom stereocenters. The van der Waals surface area contributed by atoms with E-state index in [1.165, 1.54) is 25.4 Å². The summed E-state index contributed by atoms with van der Waals surface area (Å²) >= 11 is 0. The molecule has 3 N–H and O–H groups in total. The third-order valence-corrected chi connectivity index (χ3v) is 6.51. The molecule has 42 heavy (non-hydrogen) atoms. The number of nitrogen functional groups attached to an aromatic ring is 1. The van der Waals surface area contributed by atoms with Crippen LogP contribution in [0, 0.1) is 11.7 Å². The highest BCUT2D eigenvalue weighted by atomic mass is 19.4. The number of carbonyl (C=O) groups is 1. The van der Waals surface area contributed by atoms with Gasteiger partial charge >= 0.3 is 6.18 Å². The number of hydrogen-bond acceptors (Lipinski definition) is 9. The number of aromatic amines is 1. The van der Waals surface area contributed by atoms with Gasteiger partial charge in [-0.05, 0) is 48.7 Å². The lowest BCUT2D eigenvalue weighted by Gasteiger charge is -2.21. The van der Waals surface area contributed by atoms with Crippen molar-refractivity contribution in [2.75, 3.05) is 44.4 Å². The molecule has 1 aliphatic heterocycles. The Morgan fingerprint density at radius 1 is 1.26 bits per heavy atom. The van der Waals surface area contributed by atoms with Crippen LogP contribution in [0.1, 0.15) is 48.2 Å². The summed E-state index contributed by atoms with van der Waals surface area (Å²) in [7, 11) is 3.38. The molecule has 0 radical (unpaired) electrons. The first kappa shape index (κ1) is 32.0. The van der Waals surface area contributed by atoms with Crippen molar-refractivity contribution < 1.29 is 27.1 Å². The molecule has 3 aromatic rings. The topological polar surface area (TPSA) is 130 Å². The van der Waals surface area contributed by atoms with Crippen molar-refractivity contribution >= 4 is 23.9 Å². The number of nitrogens with zero attached hydrogens (tertiary/aromatic N) is 5. The van der Waals surface area contributed by atoms with Crippen LogP contribution in [0.15, 0.2) is 35.5 Å². The number of aromatic nitrogens is 4. The summed E-state index contributed by atoms with van der Waals surface area (Å²) in [5.74, 6) is 0.298. The number of nitrogens with one attached hydrogen (secondary N) is 1. The largest absolute Gasteiger partial charge is 0.491 e. The van der Waals surface area contributed by atoms with Crippen molar-refractivity contribution in [3.8, 4) is 17.1 Å². The predicted octanol–water partition coefficient (Wildman–Crippen LogP) is 4.63. The van der Waals surface area contributed by atoms with E-state index in [0.29, 0.717) is 36.6 Å². The number of aldehydes is 1. The van der Waals surface area contributed by atoms with Gasteiger partial charge in [0.1, 0.15) is 11.4 Å². The third kappa shape index (κ3) is 7.83. The van der Waals surface area contributed by atoms with E-state index < -0.39 is 23.1 Å². The summed E-state index contributed by atoms with van der Waals surface area (Å²) in [4.78, 5) is 34.2. The first-order valence-corrected chi connectivity index (χ1v) is 13.1. The zero-order valence-corrected chi connectivity index (χ0v) is 23.7. The first-order valence-electron chi connectivity index (χ1n) is 13.1. The van der Waals surface area contributed by atoms with Crippen LogP contribution in [0.2, 0.25) is 0 Å². The number of benzene rings is 1. The molecule has 14 heteroatoms. The smallest absolute Gasteiger partial charge is 0.423 e. The molecule has 0 saturated carbocycles. The van der Waals surface area contributed by atoms with Crippen molar-refractivity contribution in [3.05, 3.63) is 63.6 Å². The fourth-order valence-electron chi connectivity index (χ4n) is 4.39. The van der Waals surface area contributed by atoms with Gasteiger partial charge in [-0.15, -0.1) is 0 Å². The molecule has 226 valence electrons. The quantitative estimate of drug-likeness (QED) is 0.284. The summed E-state index contributed by atoms with van der Waals surface area (Å²) in [6.45, 7) is 5.96. The molecule has 1 atom stereocenters. The van der Waals surface area contributed by atoms with Gasteiger partial charge in [0.2, 0.25) is 0 Å². The molecule has 1 saturated heterocycles. The molecule has 4 rings (SSSR count). The highest BCUT2D eigenvalue weighted by Crippen LogP contribution is 2.35. The number of methoxy groups -OCH3 is 1. The minimum absolute atomic E-state index is 0.117. The minimum atomic E-state index is -4.66. The SMILES string of the molecule is CC1CCN(c2cn[nH]c(=O)c2C(F)(F)F)C1.CCCN(C)/C=C\c1cc(-c2ncc(OC)c(N)n2)c(F)cc1C=O.